The second-order valence-corrected chi connectivity index (χ2v) is 5.10. The van der Waals surface area contributed by atoms with Crippen LogP contribution in [-0.4, -0.2) is 5.78 Å². The van der Waals surface area contributed by atoms with Crippen LogP contribution in [0.2, 0.25) is 5.02 Å². The van der Waals surface area contributed by atoms with E-state index in [1.165, 1.54) is 5.56 Å². The van der Waals surface area contributed by atoms with Crippen molar-refractivity contribution in [1.29, 1.82) is 0 Å². The minimum absolute atomic E-state index is 0.272. The predicted molar refractivity (Wildman–Crippen MR) is 74.2 cm³/mol. The van der Waals surface area contributed by atoms with Crippen LogP contribution in [0, 0.1) is 0 Å². The summed E-state index contributed by atoms with van der Waals surface area (Å²) in [5.41, 5.74) is 4.30. The van der Waals surface area contributed by atoms with Gasteiger partial charge in [0.05, 0.1) is 0 Å². The van der Waals surface area contributed by atoms with Gasteiger partial charge in [0.2, 0.25) is 0 Å². The lowest BCUT2D eigenvalue weighted by molar-refractivity contribution is 0.0972. The number of fused-ring (bicyclic) bond motifs is 1. The van der Waals surface area contributed by atoms with Crippen molar-refractivity contribution in [2.75, 3.05) is 0 Å². The van der Waals surface area contributed by atoms with E-state index in [0.717, 1.165) is 34.6 Å². The molecule has 0 unspecified atom stereocenters. The highest BCUT2D eigenvalue weighted by atomic mass is 35.5. The normalized spacial score (nSPS) is 14.4. The number of carbonyl (C=O) groups is 1. The van der Waals surface area contributed by atoms with Crippen molar-refractivity contribution in [2.45, 2.75) is 19.3 Å². The summed E-state index contributed by atoms with van der Waals surface area (Å²) in [4.78, 5) is 11.8. The fourth-order valence-corrected chi connectivity index (χ4v) is 2.68. The summed E-state index contributed by atoms with van der Waals surface area (Å²) >= 11 is 6.01. The molecule has 0 aromatic heterocycles. The molecule has 0 bridgehead atoms. The first kappa shape index (κ1) is 11.5. The summed E-state index contributed by atoms with van der Waals surface area (Å²) in [6.45, 7) is 0. The Morgan fingerprint density at radius 2 is 1.78 bits per heavy atom. The third kappa shape index (κ3) is 2.06. The molecule has 90 valence electrons. The van der Waals surface area contributed by atoms with Gasteiger partial charge < -0.3 is 0 Å². The zero-order valence-electron chi connectivity index (χ0n) is 9.95. The van der Waals surface area contributed by atoms with Gasteiger partial charge in [0.1, 0.15) is 0 Å². The average molecular weight is 257 g/mol. The van der Waals surface area contributed by atoms with Gasteiger partial charge in [0, 0.05) is 17.0 Å². The van der Waals surface area contributed by atoms with E-state index in [0.29, 0.717) is 6.42 Å². The van der Waals surface area contributed by atoms with Gasteiger partial charge >= 0.3 is 0 Å². The van der Waals surface area contributed by atoms with Crippen molar-refractivity contribution in [3.63, 3.8) is 0 Å². The first-order valence-electron chi connectivity index (χ1n) is 6.16. The number of ketones is 1. The van der Waals surface area contributed by atoms with Crippen molar-refractivity contribution in [1.82, 2.24) is 0 Å². The minimum Gasteiger partial charge on any atom is -0.294 e. The smallest absolute Gasteiger partial charge is 0.163 e. The SMILES string of the molecule is O=C1CCCc2cc(-c3cccc(Cl)c3)ccc21. The summed E-state index contributed by atoms with van der Waals surface area (Å²) in [7, 11) is 0. The molecule has 0 atom stereocenters. The highest BCUT2D eigenvalue weighted by Gasteiger charge is 2.17. The van der Waals surface area contributed by atoms with Gasteiger partial charge in [0.15, 0.2) is 5.78 Å². The molecular weight excluding hydrogens is 244 g/mol. The summed E-state index contributed by atoms with van der Waals surface area (Å²) < 4.78 is 0. The Hall–Kier alpha value is -1.60. The van der Waals surface area contributed by atoms with Crippen LogP contribution in [0.3, 0.4) is 0 Å². The Morgan fingerprint density at radius 3 is 2.61 bits per heavy atom. The molecule has 1 aliphatic carbocycles. The van der Waals surface area contributed by atoms with Crippen molar-refractivity contribution >= 4 is 17.4 Å². The summed E-state index contributed by atoms with van der Waals surface area (Å²) in [5, 5.41) is 0.737. The molecule has 1 nitrogen and oxygen atoms in total. The van der Waals surface area contributed by atoms with E-state index in [2.05, 4.69) is 6.07 Å². The molecule has 2 aromatic carbocycles. The third-order valence-electron chi connectivity index (χ3n) is 3.41. The number of benzene rings is 2. The number of hydrogen-bond donors (Lipinski definition) is 0. The van der Waals surface area contributed by atoms with Crippen LogP contribution in [0.5, 0.6) is 0 Å². The number of aryl methyl sites for hydroxylation is 1. The molecule has 0 N–H and O–H groups in total. The predicted octanol–water partition coefficient (Wildman–Crippen LogP) is 4.53. The van der Waals surface area contributed by atoms with Gasteiger partial charge in [-0.05, 0) is 41.7 Å². The van der Waals surface area contributed by atoms with Crippen molar-refractivity contribution < 1.29 is 4.79 Å². The van der Waals surface area contributed by atoms with Crippen molar-refractivity contribution in [2.24, 2.45) is 0 Å². The van der Waals surface area contributed by atoms with E-state index >= 15 is 0 Å². The lowest BCUT2D eigenvalue weighted by Crippen LogP contribution is -2.10. The first-order valence-corrected chi connectivity index (χ1v) is 6.54. The molecule has 0 amide bonds. The summed E-state index contributed by atoms with van der Waals surface area (Å²) in [6.07, 6.45) is 2.64. The van der Waals surface area contributed by atoms with Crippen LogP contribution in [0.15, 0.2) is 42.5 Å². The number of hydrogen-bond acceptors (Lipinski definition) is 1. The zero-order valence-corrected chi connectivity index (χ0v) is 10.7. The molecular formula is C16H13ClO. The molecule has 0 spiro atoms. The lowest BCUT2D eigenvalue weighted by atomic mass is 9.88. The molecule has 0 aliphatic heterocycles. The Morgan fingerprint density at radius 1 is 0.944 bits per heavy atom. The first-order chi connectivity index (χ1) is 8.74. The fourth-order valence-electron chi connectivity index (χ4n) is 2.49. The van der Waals surface area contributed by atoms with Gasteiger partial charge in [-0.25, -0.2) is 0 Å². The van der Waals surface area contributed by atoms with Gasteiger partial charge in [-0.2, -0.15) is 0 Å². The molecule has 0 heterocycles. The maximum Gasteiger partial charge on any atom is 0.163 e. The topological polar surface area (TPSA) is 17.1 Å². The summed E-state index contributed by atoms with van der Waals surface area (Å²) in [5.74, 6) is 0.272. The molecule has 2 aromatic rings. The fraction of sp³-hybridized carbons (Fsp3) is 0.188. The van der Waals surface area contributed by atoms with E-state index in [1.807, 2.05) is 36.4 Å². The van der Waals surface area contributed by atoms with Crippen LogP contribution in [-0.2, 0) is 6.42 Å². The van der Waals surface area contributed by atoms with Gasteiger partial charge in [-0.3, -0.25) is 4.79 Å². The minimum atomic E-state index is 0.272. The molecule has 18 heavy (non-hydrogen) atoms. The van der Waals surface area contributed by atoms with Gasteiger partial charge in [0.25, 0.3) is 0 Å². The second-order valence-electron chi connectivity index (χ2n) is 4.66. The average Bonchev–Trinajstić information content (AvgIpc) is 2.39. The lowest BCUT2D eigenvalue weighted by Gasteiger charge is -2.15. The molecule has 0 radical (unpaired) electrons. The van der Waals surface area contributed by atoms with Crippen LogP contribution in [0.4, 0.5) is 0 Å². The third-order valence-corrected chi connectivity index (χ3v) is 3.65. The number of rotatable bonds is 1. The quantitative estimate of drug-likeness (QED) is 0.733. The highest BCUT2D eigenvalue weighted by molar-refractivity contribution is 6.30. The van der Waals surface area contributed by atoms with Crippen LogP contribution >= 0.6 is 11.6 Å². The van der Waals surface area contributed by atoms with Crippen LogP contribution < -0.4 is 0 Å². The van der Waals surface area contributed by atoms with Crippen molar-refractivity contribution in [3.8, 4) is 11.1 Å². The number of Topliss-reactive ketones (excluding diaryl/α,β-unsaturated/α-hetero) is 1. The van der Waals surface area contributed by atoms with E-state index in [1.54, 1.807) is 0 Å². The van der Waals surface area contributed by atoms with E-state index in [9.17, 15) is 4.79 Å². The molecule has 0 saturated heterocycles. The van der Waals surface area contributed by atoms with Crippen LogP contribution in [0.25, 0.3) is 11.1 Å². The number of carbonyl (C=O) groups excluding carboxylic acids is 1. The Kier molecular flexibility index (Phi) is 2.92. The zero-order chi connectivity index (χ0) is 12.5. The molecule has 0 saturated carbocycles. The maximum absolute atomic E-state index is 11.8. The largest absolute Gasteiger partial charge is 0.294 e. The Bertz CT molecular complexity index is 616. The van der Waals surface area contributed by atoms with E-state index < -0.39 is 0 Å². The Labute approximate surface area is 111 Å². The highest BCUT2D eigenvalue weighted by Crippen LogP contribution is 2.28. The van der Waals surface area contributed by atoms with Crippen molar-refractivity contribution in [3.05, 3.63) is 58.6 Å². The molecule has 1 aliphatic rings. The number of halogens is 1. The maximum atomic E-state index is 11.8. The molecule has 2 heteroatoms. The van der Waals surface area contributed by atoms with Gasteiger partial charge in [-0.1, -0.05) is 41.9 Å². The van der Waals surface area contributed by atoms with E-state index in [-0.39, 0.29) is 5.78 Å². The van der Waals surface area contributed by atoms with Crippen LogP contribution in [0.1, 0.15) is 28.8 Å². The molecule has 3 rings (SSSR count). The second kappa shape index (κ2) is 4.58. The molecule has 0 fully saturated rings. The standard InChI is InChI=1S/C16H13ClO/c17-14-5-1-3-11(10-14)12-7-8-15-13(9-12)4-2-6-16(15)18/h1,3,5,7-10H,2,4,6H2. The summed E-state index contributed by atoms with van der Waals surface area (Å²) in [6, 6.07) is 13.9. The Balaban J connectivity index is 2.07. The van der Waals surface area contributed by atoms with E-state index in [4.69, 9.17) is 11.6 Å². The monoisotopic (exact) mass is 256 g/mol. The van der Waals surface area contributed by atoms with Gasteiger partial charge in [-0.15, -0.1) is 0 Å².